The SMILES string of the molecule is CCn1cc(S(=O)(=O)N2CCCC2Cc2cccc(OC)c2)cn1. The van der Waals surface area contributed by atoms with Gasteiger partial charge in [-0.15, -0.1) is 0 Å². The summed E-state index contributed by atoms with van der Waals surface area (Å²) in [6, 6.07) is 7.80. The minimum Gasteiger partial charge on any atom is -0.497 e. The van der Waals surface area contributed by atoms with Crippen LogP contribution >= 0.6 is 0 Å². The molecule has 1 fully saturated rings. The predicted octanol–water partition coefficient (Wildman–Crippen LogP) is 2.31. The minimum absolute atomic E-state index is 0.0212. The first-order chi connectivity index (χ1) is 11.5. The van der Waals surface area contributed by atoms with Crippen LogP contribution in [0, 0.1) is 0 Å². The second-order valence-electron chi connectivity index (χ2n) is 6.00. The third kappa shape index (κ3) is 3.32. The Kier molecular flexibility index (Phi) is 4.91. The molecule has 2 heterocycles. The molecule has 1 unspecified atom stereocenters. The van der Waals surface area contributed by atoms with E-state index in [-0.39, 0.29) is 10.9 Å². The topological polar surface area (TPSA) is 64.4 Å². The molecule has 1 aliphatic heterocycles. The average Bonchev–Trinajstić information content (AvgIpc) is 3.24. The van der Waals surface area contributed by atoms with Crippen molar-refractivity contribution >= 4 is 10.0 Å². The maximum absolute atomic E-state index is 12.9. The first-order valence-electron chi connectivity index (χ1n) is 8.22. The Hall–Kier alpha value is -1.86. The van der Waals surface area contributed by atoms with Crippen molar-refractivity contribution in [2.45, 2.75) is 43.7 Å². The number of hydrogen-bond donors (Lipinski definition) is 0. The number of methoxy groups -OCH3 is 1. The standard InChI is InChI=1S/C17H23N3O3S/c1-3-19-13-17(12-18-19)24(21,22)20-9-5-7-15(20)10-14-6-4-8-16(11-14)23-2/h4,6,8,11-13,15H,3,5,7,9-10H2,1-2H3. The molecule has 1 aromatic carbocycles. The summed E-state index contributed by atoms with van der Waals surface area (Å²) in [6.45, 7) is 3.15. The number of nitrogens with zero attached hydrogens (tertiary/aromatic N) is 3. The Bertz CT molecular complexity index is 801. The summed E-state index contributed by atoms with van der Waals surface area (Å²) in [5, 5.41) is 4.10. The zero-order valence-corrected chi connectivity index (χ0v) is 14.9. The predicted molar refractivity (Wildman–Crippen MR) is 91.5 cm³/mol. The second-order valence-corrected chi connectivity index (χ2v) is 7.89. The number of rotatable bonds is 6. The van der Waals surface area contributed by atoms with E-state index in [0.29, 0.717) is 19.5 Å². The molecule has 3 rings (SSSR count). The number of ether oxygens (including phenoxy) is 1. The summed E-state index contributed by atoms with van der Waals surface area (Å²) in [5.74, 6) is 0.795. The fraction of sp³-hybridized carbons (Fsp3) is 0.471. The van der Waals surface area contributed by atoms with Crippen LogP contribution in [-0.2, 0) is 23.0 Å². The fourth-order valence-corrected chi connectivity index (χ4v) is 4.84. The lowest BCUT2D eigenvalue weighted by Gasteiger charge is -2.23. The van der Waals surface area contributed by atoms with E-state index in [0.717, 1.165) is 24.2 Å². The summed E-state index contributed by atoms with van der Waals surface area (Å²) in [6.07, 6.45) is 5.50. The van der Waals surface area contributed by atoms with Crippen LogP contribution in [0.15, 0.2) is 41.6 Å². The quantitative estimate of drug-likeness (QED) is 0.803. The number of aryl methyl sites for hydroxylation is 1. The monoisotopic (exact) mass is 349 g/mol. The molecule has 2 aromatic rings. The largest absolute Gasteiger partial charge is 0.497 e. The molecule has 0 N–H and O–H groups in total. The van der Waals surface area contributed by atoms with Gasteiger partial charge in [-0.2, -0.15) is 9.40 Å². The first-order valence-corrected chi connectivity index (χ1v) is 9.66. The molecule has 0 saturated carbocycles. The van der Waals surface area contributed by atoms with Crippen LogP contribution in [0.1, 0.15) is 25.3 Å². The molecule has 0 radical (unpaired) electrons. The maximum atomic E-state index is 12.9. The van der Waals surface area contributed by atoms with Crippen LogP contribution < -0.4 is 4.74 Å². The maximum Gasteiger partial charge on any atom is 0.246 e. The van der Waals surface area contributed by atoms with Crippen LogP contribution in [0.2, 0.25) is 0 Å². The molecule has 1 saturated heterocycles. The Morgan fingerprint density at radius 1 is 1.38 bits per heavy atom. The molecule has 1 aliphatic rings. The van der Waals surface area contributed by atoms with Crippen LogP contribution in [0.25, 0.3) is 0 Å². The van der Waals surface area contributed by atoms with Crippen molar-refractivity contribution in [1.29, 1.82) is 0 Å². The third-order valence-electron chi connectivity index (χ3n) is 4.47. The summed E-state index contributed by atoms with van der Waals surface area (Å²) < 4.78 is 34.4. The highest BCUT2D eigenvalue weighted by molar-refractivity contribution is 7.89. The van der Waals surface area contributed by atoms with E-state index in [1.807, 2.05) is 31.2 Å². The Morgan fingerprint density at radius 3 is 2.92 bits per heavy atom. The average molecular weight is 349 g/mol. The van der Waals surface area contributed by atoms with Gasteiger partial charge in [0.25, 0.3) is 0 Å². The van der Waals surface area contributed by atoms with Gasteiger partial charge in [-0.05, 0) is 43.9 Å². The van der Waals surface area contributed by atoms with Gasteiger partial charge < -0.3 is 4.74 Å². The van der Waals surface area contributed by atoms with Crippen molar-refractivity contribution in [2.75, 3.05) is 13.7 Å². The van der Waals surface area contributed by atoms with Gasteiger partial charge in [0.05, 0.1) is 13.3 Å². The van der Waals surface area contributed by atoms with Crippen molar-refractivity contribution in [3.05, 3.63) is 42.2 Å². The highest BCUT2D eigenvalue weighted by Gasteiger charge is 2.36. The summed E-state index contributed by atoms with van der Waals surface area (Å²) in [7, 11) is -1.86. The number of hydrogen-bond acceptors (Lipinski definition) is 4. The van der Waals surface area contributed by atoms with E-state index in [4.69, 9.17) is 4.74 Å². The summed E-state index contributed by atoms with van der Waals surface area (Å²) >= 11 is 0. The van der Waals surface area contributed by atoms with Gasteiger partial charge >= 0.3 is 0 Å². The van der Waals surface area contributed by atoms with E-state index in [2.05, 4.69) is 5.10 Å². The number of benzene rings is 1. The smallest absolute Gasteiger partial charge is 0.246 e. The molecule has 6 nitrogen and oxygen atoms in total. The lowest BCUT2D eigenvalue weighted by molar-refractivity contribution is 0.384. The van der Waals surface area contributed by atoms with Crippen LogP contribution in [0.3, 0.4) is 0 Å². The van der Waals surface area contributed by atoms with Gasteiger partial charge in [-0.25, -0.2) is 8.42 Å². The van der Waals surface area contributed by atoms with Gasteiger partial charge in [0.15, 0.2) is 0 Å². The second kappa shape index (κ2) is 6.94. The zero-order chi connectivity index (χ0) is 17.2. The van der Waals surface area contributed by atoms with Crippen LogP contribution in [0.4, 0.5) is 0 Å². The Balaban J connectivity index is 1.81. The molecule has 0 bridgehead atoms. The van der Waals surface area contributed by atoms with Gasteiger partial charge in [-0.1, -0.05) is 12.1 Å². The zero-order valence-electron chi connectivity index (χ0n) is 14.1. The lowest BCUT2D eigenvalue weighted by Crippen LogP contribution is -2.36. The van der Waals surface area contributed by atoms with Crippen molar-refractivity contribution < 1.29 is 13.2 Å². The van der Waals surface area contributed by atoms with Gasteiger partial charge in [-0.3, -0.25) is 4.68 Å². The molecular formula is C17H23N3O3S. The molecule has 0 aliphatic carbocycles. The van der Waals surface area contributed by atoms with E-state index < -0.39 is 10.0 Å². The molecule has 0 amide bonds. The van der Waals surface area contributed by atoms with E-state index in [9.17, 15) is 8.42 Å². The summed E-state index contributed by atoms with van der Waals surface area (Å²) in [5.41, 5.74) is 1.09. The Morgan fingerprint density at radius 2 is 2.21 bits per heavy atom. The van der Waals surface area contributed by atoms with E-state index >= 15 is 0 Å². The normalized spacial score (nSPS) is 18.8. The number of sulfonamides is 1. The van der Waals surface area contributed by atoms with Crippen molar-refractivity contribution in [3.63, 3.8) is 0 Å². The fourth-order valence-electron chi connectivity index (χ4n) is 3.19. The van der Waals surface area contributed by atoms with E-state index in [1.54, 1.807) is 22.3 Å². The van der Waals surface area contributed by atoms with Crippen molar-refractivity contribution in [1.82, 2.24) is 14.1 Å². The molecule has 1 atom stereocenters. The summed E-state index contributed by atoms with van der Waals surface area (Å²) in [4.78, 5) is 0.280. The van der Waals surface area contributed by atoms with Crippen molar-refractivity contribution in [3.8, 4) is 5.75 Å². The lowest BCUT2D eigenvalue weighted by atomic mass is 10.0. The first kappa shape index (κ1) is 17.0. The Labute approximate surface area is 143 Å². The minimum atomic E-state index is -3.49. The molecule has 0 spiro atoms. The molecule has 7 heteroatoms. The van der Waals surface area contributed by atoms with Crippen molar-refractivity contribution in [2.24, 2.45) is 0 Å². The number of aromatic nitrogens is 2. The molecule has 1 aromatic heterocycles. The highest BCUT2D eigenvalue weighted by atomic mass is 32.2. The van der Waals surface area contributed by atoms with E-state index in [1.165, 1.54) is 6.20 Å². The van der Waals surface area contributed by atoms with Gasteiger partial charge in [0.1, 0.15) is 10.6 Å². The molecule has 130 valence electrons. The highest BCUT2D eigenvalue weighted by Crippen LogP contribution is 2.28. The molecular weight excluding hydrogens is 326 g/mol. The molecule has 24 heavy (non-hydrogen) atoms. The third-order valence-corrected chi connectivity index (χ3v) is 6.37. The van der Waals surface area contributed by atoms with Crippen LogP contribution in [0.5, 0.6) is 5.75 Å². The van der Waals surface area contributed by atoms with Gasteiger partial charge in [0.2, 0.25) is 10.0 Å². The van der Waals surface area contributed by atoms with Crippen LogP contribution in [-0.4, -0.2) is 42.2 Å². The van der Waals surface area contributed by atoms with Gasteiger partial charge in [0, 0.05) is 25.3 Å².